The molecule has 4 nitrogen and oxygen atoms in total. The van der Waals surface area contributed by atoms with Gasteiger partial charge in [0.15, 0.2) is 0 Å². The molecule has 44 heavy (non-hydrogen) atoms. The van der Waals surface area contributed by atoms with E-state index in [1.165, 1.54) is 48.0 Å². The van der Waals surface area contributed by atoms with Crippen LogP contribution < -0.4 is 10.8 Å². The first kappa shape index (κ1) is 36.1. The predicted molar refractivity (Wildman–Crippen MR) is 180 cm³/mol. The lowest BCUT2D eigenvalue weighted by Crippen LogP contribution is -2.48. The molecule has 0 spiro atoms. The van der Waals surface area contributed by atoms with E-state index in [9.17, 15) is 13.2 Å². The van der Waals surface area contributed by atoms with Crippen molar-refractivity contribution in [3.8, 4) is 0 Å². The number of alkyl halides is 3. The van der Waals surface area contributed by atoms with Crippen LogP contribution in [0.15, 0.2) is 59.3 Å². The van der Waals surface area contributed by atoms with Gasteiger partial charge in [-0.25, -0.2) is 4.94 Å². The summed E-state index contributed by atoms with van der Waals surface area (Å²) in [7, 11) is 1.74. The molecule has 2 aliphatic carbocycles. The number of benzene rings is 1. The Morgan fingerprint density at radius 1 is 1.07 bits per heavy atom. The first-order chi connectivity index (χ1) is 21.1. The van der Waals surface area contributed by atoms with Crippen molar-refractivity contribution >= 4 is 22.6 Å². The summed E-state index contributed by atoms with van der Waals surface area (Å²) in [6.45, 7) is 11.9. The standard InChI is InChI=1S/C21H27F3N2O.C15H25NS/c1-3-4-9-14-20(26(2)27-25-15-21(22,23)24)18-12-7-5-10-16(18)17-11-6-8-13-19(17)20;1-5-8-14(9-6-2)16-12(4)15-11-17-10-13(15)7-3/h5-7,10-12,25H,3-4,8-9,13-15H2,1-2H3;10-11,14,16H,4-9H2,1-3H3. The normalized spacial score (nSPS) is 17.5. The quantitative estimate of drug-likeness (QED) is 0.143. The number of hydrogen-bond donors (Lipinski definition) is 2. The van der Waals surface area contributed by atoms with Crippen molar-refractivity contribution in [1.82, 2.24) is 15.9 Å². The smallest absolute Gasteiger partial charge is 0.382 e. The third kappa shape index (κ3) is 9.09. The van der Waals surface area contributed by atoms with Crippen molar-refractivity contribution in [2.45, 2.75) is 116 Å². The van der Waals surface area contributed by atoms with E-state index in [1.807, 2.05) is 12.1 Å². The first-order valence-corrected chi connectivity index (χ1v) is 17.3. The molecule has 8 heteroatoms. The minimum atomic E-state index is -4.32. The molecule has 1 atom stereocenters. The molecule has 0 bridgehead atoms. The van der Waals surface area contributed by atoms with Crippen LogP contribution in [0.4, 0.5) is 13.2 Å². The number of allylic oxidation sites excluding steroid dienone is 3. The highest BCUT2D eigenvalue weighted by Crippen LogP contribution is 2.54. The number of nitrogens with zero attached hydrogens (tertiary/aromatic N) is 1. The summed E-state index contributed by atoms with van der Waals surface area (Å²) >= 11 is 1.77. The Morgan fingerprint density at radius 3 is 2.45 bits per heavy atom. The van der Waals surface area contributed by atoms with E-state index in [4.69, 9.17) is 4.94 Å². The minimum Gasteiger partial charge on any atom is -0.382 e. The third-order valence-electron chi connectivity index (χ3n) is 8.59. The van der Waals surface area contributed by atoms with Gasteiger partial charge in [-0.2, -0.15) is 35.1 Å². The minimum absolute atomic E-state index is 0.537. The molecular weight excluding hydrogens is 579 g/mol. The van der Waals surface area contributed by atoms with Gasteiger partial charge in [0, 0.05) is 29.7 Å². The van der Waals surface area contributed by atoms with Crippen LogP contribution in [-0.4, -0.2) is 30.9 Å². The van der Waals surface area contributed by atoms with Crippen molar-refractivity contribution in [2.24, 2.45) is 0 Å². The van der Waals surface area contributed by atoms with E-state index < -0.39 is 18.3 Å². The van der Waals surface area contributed by atoms with Gasteiger partial charge in [0.05, 0.1) is 5.54 Å². The molecule has 2 aromatic rings. The van der Waals surface area contributed by atoms with E-state index in [-0.39, 0.29) is 0 Å². The van der Waals surface area contributed by atoms with Gasteiger partial charge >= 0.3 is 6.18 Å². The Balaban J connectivity index is 0.000000269. The van der Waals surface area contributed by atoms with Gasteiger partial charge in [0.2, 0.25) is 0 Å². The van der Waals surface area contributed by atoms with Crippen LogP contribution in [0, 0.1) is 0 Å². The second kappa shape index (κ2) is 17.3. The number of likely N-dealkylation sites (N-methyl/N-ethyl adjacent to an activating group) is 1. The predicted octanol–water partition coefficient (Wildman–Crippen LogP) is 10.3. The Kier molecular flexibility index (Phi) is 14.2. The van der Waals surface area contributed by atoms with Crippen molar-refractivity contribution < 1.29 is 18.1 Å². The summed E-state index contributed by atoms with van der Waals surface area (Å²) < 4.78 is 37.7. The van der Waals surface area contributed by atoms with E-state index >= 15 is 0 Å². The molecule has 0 aliphatic heterocycles. The van der Waals surface area contributed by atoms with E-state index in [0.29, 0.717) is 6.04 Å². The van der Waals surface area contributed by atoms with Gasteiger partial charge in [-0.05, 0) is 71.7 Å². The molecule has 0 saturated heterocycles. The number of halogens is 3. The zero-order valence-corrected chi connectivity index (χ0v) is 28.1. The lowest BCUT2D eigenvalue weighted by Gasteiger charge is -2.41. The average Bonchev–Trinajstić information content (AvgIpc) is 3.59. The molecule has 0 saturated carbocycles. The highest BCUT2D eigenvalue weighted by molar-refractivity contribution is 7.08. The Labute approximate surface area is 267 Å². The maximum Gasteiger partial charge on any atom is 0.403 e. The monoisotopic (exact) mass is 631 g/mol. The number of thiophene rings is 1. The summed E-state index contributed by atoms with van der Waals surface area (Å²) in [6, 6.07) is 8.77. The summed E-state index contributed by atoms with van der Waals surface area (Å²) in [5, 5.41) is 9.66. The number of unbranched alkanes of at least 4 members (excludes halogenated alkanes) is 2. The van der Waals surface area contributed by atoms with E-state index in [1.54, 1.807) is 23.4 Å². The molecule has 1 aromatic carbocycles. The second-order valence-electron chi connectivity index (χ2n) is 11.8. The average molecular weight is 632 g/mol. The van der Waals surface area contributed by atoms with Gasteiger partial charge in [-0.15, -0.1) is 0 Å². The topological polar surface area (TPSA) is 36.5 Å². The van der Waals surface area contributed by atoms with Gasteiger partial charge < -0.3 is 5.32 Å². The molecule has 244 valence electrons. The van der Waals surface area contributed by atoms with Crippen molar-refractivity contribution in [2.75, 3.05) is 13.6 Å². The Bertz CT molecular complexity index is 1250. The van der Waals surface area contributed by atoms with Gasteiger partial charge in [-0.3, -0.25) is 0 Å². The lowest BCUT2D eigenvalue weighted by atomic mass is 9.79. The summed E-state index contributed by atoms with van der Waals surface area (Å²) in [6.07, 6.45) is 11.8. The molecule has 1 heterocycles. The van der Waals surface area contributed by atoms with Crippen LogP contribution >= 0.6 is 11.3 Å². The maximum atomic E-state index is 12.6. The molecule has 0 fully saturated rings. The fraction of sp³-hybridized carbons (Fsp3) is 0.556. The SMILES string of the molecule is C=C(NC(CCC)CCC)c1cscc1CC.CCCCCC1(N(C)ONCC(F)(F)F)C2=C(C=CCC2)c2ccccc21. The van der Waals surface area contributed by atoms with Gasteiger partial charge in [0.1, 0.15) is 6.54 Å². The second-order valence-corrected chi connectivity index (χ2v) is 12.5. The van der Waals surface area contributed by atoms with E-state index in [0.717, 1.165) is 61.8 Å². The highest BCUT2D eigenvalue weighted by atomic mass is 32.1. The van der Waals surface area contributed by atoms with Crippen LogP contribution in [-0.2, 0) is 16.9 Å². The Hall–Kier alpha value is -2.39. The van der Waals surface area contributed by atoms with Crippen LogP contribution in [0.3, 0.4) is 0 Å². The molecule has 1 unspecified atom stereocenters. The van der Waals surface area contributed by atoms with Crippen molar-refractivity contribution in [3.05, 3.63) is 81.6 Å². The fourth-order valence-electron chi connectivity index (χ4n) is 6.48. The summed E-state index contributed by atoms with van der Waals surface area (Å²) in [5.74, 6) is 0. The molecular formula is C36H52F3N3OS. The molecule has 2 aliphatic rings. The first-order valence-electron chi connectivity index (χ1n) is 16.3. The Morgan fingerprint density at radius 2 is 1.80 bits per heavy atom. The zero-order chi connectivity index (χ0) is 32.2. The number of rotatable bonds is 16. The van der Waals surface area contributed by atoms with Crippen molar-refractivity contribution in [1.29, 1.82) is 0 Å². The number of hydrogen-bond acceptors (Lipinski definition) is 5. The van der Waals surface area contributed by atoms with Crippen molar-refractivity contribution in [3.63, 3.8) is 0 Å². The fourth-order valence-corrected chi connectivity index (χ4v) is 7.44. The largest absolute Gasteiger partial charge is 0.403 e. The number of hydroxylamine groups is 3. The van der Waals surface area contributed by atoms with Gasteiger partial charge in [0.25, 0.3) is 0 Å². The van der Waals surface area contributed by atoms with Crippen LogP contribution in [0.1, 0.15) is 114 Å². The van der Waals surface area contributed by atoms with Gasteiger partial charge in [-0.1, -0.05) is 103 Å². The zero-order valence-electron chi connectivity index (χ0n) is 27.3. The molecule has 0 radical (unpaired) electrons. The summed E-state index contributed by atoms with van der Waals surface area (Å²) in [5.41, 5.74) is 10.1. The molecule has 0 amide bonds. The van der Waals surface area contributed by atoms with Crippen LogP contribution in [0.5, 0.6) is 0 Å². The summed E-state index contributed by atoms with van der Waals surface area (Å²) in [4.78, 5) is 5.45. The maximum absolute atomic E-state index is 12.6. The number of nitrogens with one attached hydrogen (secondary N) is 2. The number of aryl methyl sites for hydroxylation is 1. The van der Waals surface area contributed by atoms with E-state index in [2.05, 4.69) is 80.1 Å². The van der Waals surface area contributed by atoms with Crippen LogP contribution in [0.2, 0.25) is 0 Å². The highest BCUT2D eigenvalue weighted by Gasteiger charge is 2.48. The molecule has 1 aromatic heterocycles. The molecule has 4 rings (SSSR count). The lowest BCUT2D eigenvalue weighted by molar-refractivity contribution is -0.264. The third-order valence-corrected chi connectivity index (χ3v) is 9.38. The molecule has 2 N–H and O–H groups in total. The number of fused-ring (bicyclic) bond motifs is 2. The van der Waals surface area contributed by atoms with Crippen LogP contribution in [0.25, 0.3) is 11.3 Å².